The van der Waals surface area contributed by atoms with E-state index in [-0.39, 0.29) is 23.0 Å². The van der Waals surface area contributed by atoms with Gasteiger partial charge >= 0.3 is 12.1 Å². The molecule has 0 radical (unpaired) electrons. The first-order chi connectivity index (χ1) is 21.1. The first-order valence-electron chi connectivity index (χ1n) is 14.2. The molecule has 0 aliphatic rings. The first kappa shape index (κ1) is 33.7. The summed E-state index contributed by atoms with van der Waals surface area (Å²) in [5, 5.41) is 14.7. The standard InChI is InChI=1S/C32H37N5O6S2/c1-31(2,3)26(29(38)39)37(30(40)43-32(4,5)6)25-11-7-10-24(36-25)28(45(41,42)23-9-8-16-33-20-23)35-19-21-12-14-22(15-13-21)27-34-17-18-44-27/h7-18,20,26,28,35H,19H2,1-6H3,(H,38,39). The maximum absolute atomic E-state index is 14.0. The number of ether oxygens (including phenoxy) is 1. The molecule has 0 aliphatic heterocycles. The molecule has 2 atom stereocenters. The molecule has 1 aromatic carbocycles. The molecule has 3 aromatic heterocycles. The summed E-state index contributed by atoms with van der Waals surface area (Å²) >= 11 is 1.52. The van der Waals surface area contributed by atoms with E-state index >= 15 is 0 Å². The van der Waals surface area contributed by atoms with Crippen LogP contribution >= 0.6 is 11.3 Å². The van der Waals surface area contributed by atoms with Gasteiger partial charge in [0.2, 0.25) is 9.84 Å². The molecule has 238 valence electrons. The van der Waals surface area contributed by atoms with Crippen molar-refractivity contribution in [3.63, 3.8) is 0 Å². The van der Waals surface area contributed by atoms with Crippen molar-refractivity contribution in [1.29, 1.82) is 0 Å². The van der Waals surface area contributed by atoms with Crippen LogP contribution in [0.3, 0.4) is 0 Å². The molecular formula is C32H37N5O6S2. The van der Waals surface area contributed by atoms with E-state index in [1.54, 1.807) is 47.7 Å². The second-order valence-corrected chi connectivity index (χ2v) is 15.3. The Kier molecular flexibility index (Phi) is 10.1. The fourth-order valence-electron chi connectivity index (χ4n) is 4.60. The van der Waals surface area contributed by atoms with Crippen LogP contribution in [0.1, 0.15) is 58.2 Å². The SMILES string of the molecule is CC(C)(C)OC(=O)N(c1cccc(C(NCc2ccc(-c3nccs3)cc2)S(=O)(=O)c2cccnc2)n1)C(C(=O)O)C(C)(C)C. The summed E-state index contributed by atoms with van der Waals surface area (Å²) in [6, 6.07) is 13.7. The highest BCUT2D eigenvalue weighted by atomic mass is 32.2. The Balaban J connectivity index is 1.77. The summed E-state index contributed by atoms with van der Waals surface area (Å²) in [6.45, 7) is 10.2. The van der Waals surface area contributed by atoms with E-state index in [1.165, 1.54) is 54.1 Å². The predicted octanol–water partition coefficient (Wildman–Crippen LogP) is 6.10. The average Bonchev–Trinajstić information content (AvgIpc) is 3.50. The highest BCUT2D eigenvalue weighted by Crippen LogP contribution is 2.33. The molecule has 0 saturated heterocycles. The number of nitrogens with zero attached hydrogens (tertiary/aromatic N) is 4. The fourth-order valence-corrected chi connectivity index (χ4v) is 6.74. The van der Waals surface area contributed by atoms with Crippen LogP contribution in [0.5, 0.6) is 0 Å². The number of hydrogen-bond donors (Lipinski definition) is 2. The smallest absolute Gasteiger partial charge is 0.416 e. The number of aliphatic carboxylic acids is 1. The van der Waals surface area contributed by atoms with Crippen LogP contribution in [0, 0.1) is 5.41 Å². The second kappa shape index (κ2) is 13.4. The summed E-state index contributed by atoms with van der Waals surface area (Å²) in [5.74, 6) is -1.33. The fraction of sp³-hybridized carbons (Fsp3) is 0.344. The van der Waals surface area contributed by atoms with Crippen LogP contribution in [-0.2, 0) is 25.9 Å². The third-order valence-electron chi connectivity index (χ3n) is 6.57. The van der Waals surface area contributed by atoms with Gasteiger partial charge in [0.1, 0.15) is 22.5 Å². The molecule has 0 fully saturated rings. The predicted molar refractivity (Wildman–Crippen MR) is 172 cm³/mol. The molecule has 2 N–H and O–H groups in total. The van der Waals surface area contributed by atoms with Crippen molar-refractivity contribution in [1.82, 2.24) is 20.3 Å². The van der Waals surface area contributed by atoms with E-state index in [2.05, 4.69) is 20.3 Å². The lowest BCUT2D eigenvalue weighted by atomic mass is 9.85. The maximum Gasteiger partial charge on any atom is 0.416 e. The van der Waals surface area contributed by atoms with Crippen molar-refractivity contribution in [2.24, 2.45) is 5.41 Å². The molecule has 0 saturated carbocycles. The van der Waals surface area contributed by atoms with E-state index in [4.69, 9.17) is 4.74 Å². The number of sulfone groups is 1. The summed E-state index contributed by atoms with van der Waals surface area (Å²) in [5.41, 5.74) is -0.0625. The van der Waals surface area contributed by atoms with E-state index in [1.807, 2.05) is 29.6 Å². The average molecular weight is 652 g/mol. The number of hydrogen-bond acceptors (Lipinski definition) is 10. The van der Waals surface area contributed by atoms with Gasteiger partial charge in [0, 0.05) is 36.1 Å². The van der Waals surface area contributed by atoms with E-state index < -0.39 is 44.3 Å². The van der Waals surface area contributed by atoms with Crippen LogP contribution in [-0.4, -0.2) is 52.2 Å². The molecule has 2 unspecified atom stereocenters. The Bertz CT molecular complexity index is 1720. The normalized spacial score (nSPS) is 13.6. The monoisotopic (exact) mass is 651 g/mol. The van der Waals surface area contributed by atoms with Crippen LogP contribution in [0.15, 0.2) is 83.5 Å². The number of carboxylic acids is 1. The summed E-state index contributed by atoms with van der Waals surface area (Å²) in [6.07, 6.45) is 3.54. The van der Waals surface area contributed by atoms with Gasteiger partial charge in [-0.3, -0.25) is 10.3 Å². The number of carbonyl (C=O) groups excluding carboxylic acids is 1. The molecule has 3 heterocycles. The highest BCUT2D eigenvalue weighted by Gasteiger charge is 2.43. The number of nitrogens with one attached hydrogen (secondary N) is 1. The Morgan fingerprint density at radius 2 is 1.71 bits per heavy atom. The largest absolute Gasteiger partial charge is 0.480 e. The number of rotatable bonds is 10. The Morgan fingerprint density at radius 1 is 1.00 bits per heavy atom. The Morgan fingerprint density at radius 3 is 2.27 bits per heavy atom. The molecule has 45 heavy (non-hydrogen) atoms. The zero-order chi connectivity index (χ0) is 33.0. The zero-order valence-corrected chi connectivity index (χ0v) is 27.6. The van der Waals surface area contributed by atoms with Crippen LogP contribution in [0.25, 0.3) is 10.6 Å². The van der Waals surface area contributed by atoms with Crippen molar-refractivity contribution >= 4 is 39.1 Å². The molecule has 1 amide bonds. The van der Waals surface area contributed by atoms with Gasteiger partial charge in [0.05, 0.1) is 10.6 Å². The number of aromatic nitrogens is 3. The van der Waals surface area contributed by atoms with Gasteiger partial charge in [-0.2, -0.15) is 0 Å². The minimum absolute atomic E-state index is 0.0316. The van der Waals surface area contributed by atoms with E-state index in [0.29, 0.717) is 0 Å². The molecule has 13 heteroatoms. The van der Waals surface area contributed by atoms with Gasteiger partial charge in [-0.15, -0.1) is 11.3 Å². The second-order valence-electron chi connectivity index (χ2n) is 12.4. The Hall–Kier alpha value is -4.20. The lowest BCUT2D eigenvalue weighted by Gasteiger charge is -2.37. The van der Waals surface area contributed by atoms with E-state index in [9.17, 15) is 23.1 Å². The van der Waals surface area contributed by atoms with Crippen molar-refractivity contribution in [3.05, 3.63) is 89.8 Å². The summed E-state index contributed by atoms with van der Waals surface area (Å²) < 4.78 is 33.6. The number of carboxylic acid groups (broad SMARTS) is 1. The van der Waals surface area contributed by atoms with Gasteiger partial charge in [0.15, 0.2) is 5.37 Å². The summed E-state index contributed by atoms with van der Waals surface area (Å²) in [4.78, 5) is 39.9. The molecular weight excluding hydrogens is 615 g/mol. The number of thiazole rings is 1. The van der Waals surface area contributed by atoms with Crippen LogP contribution in [0.4, 0.5) is 10.6 Å². The molecule has 4 aromatic rings. The van der Waals surface area contributed by atoms with Gasteiger partial charge in [0.25, 0.3) is 0 Å². The van der Waals surface area contributed by atoms with Gasteiger partial charge in [-0.25, -0.2) is 32.9 Å². The maximum atomic E-state index is 14.0. The third-order valence-corrected chi connectivity index (χ3v) is 9.32. The number of amides is 1. The third kappa shape index (κ3) is 8.29. The number of anilines is 1. The summed E-state index contributed by atoms with van der Waals surface area (Å²) in [7, 11) is -4.12. The number of carbonyl (C=O) groups is 2. The number of pyridine rings is 2. The van der Waals surface area contributed by atoms with Crippen LogP contribution < -0.4 is 10.2 Å². The van der Waals surface area contributed by atoms with Crippen molar-refractivity contribution in [2.45, 2.75) is 70.0 Å². The van der Waals surface area contributed by atoms with Gasteiger partial charge < -0.3 is 9.84 Å². The van der Waals surface area contributed by atoms with Crippen molar-refractivity contribution in [2.75, 3.05) is 4.90 Å². The first-order valence-corrected chi connectivity index (χ1v) is 16.6. The minimum atomic E-state index is -4.12. The van der Waals surface area contributed by atoms with Gasteiger partial charge in [-0.05, 0) is 56.0 Å². The molecule has 0 spiro atoms. The highest BCUT2D eigenvalue weighted by molar-refractivity contribution is 7.91. The number of benzene rings is 1. The molecule has 11 nitrogen and oxygen atoms in total. The molecule has 0 bridgehead atoms. The Labute approximate surface area is 267 Å². The van der Waals surface area contributed by atoms with Crippen LogP contribution in [0.2, 0.25) is 0 Å². The van der Waals surface area contributed by atoms with Gasteiger partial charge in [-0.1, -0.05) is 51.1 Å². The molecule has 0 aliphatic carbocycles. The quantitative estimate of drug-likeness (QED) is 0.206. The topological polar surface area (TPSA) is 152 Å². The van der Waals surface area contributed by atoms with Crippen molar-refractivity contribution in [3.8, 4) is 10.6 Å². The van der Waals surface area contributed by atoms with E-state index in [0.717, 1.165) is 21.0 Å². The zero-order valence-electron chi connectivity index (χ0n) is 26.0. The minimum Gasteiger partial charge on any atom is -0.480 e. The molecule has 4 rings (SSSR count). The lowest BCUT2D eigenvalue weighted by molar-refractivity contribution is -0.141. The van der Waals surface area contributed by atoms with Crippen molar-refractivity contribution < 1.29 is 27.9 Å². The lowest BCUT2D eigenvalue weighted by Crippen LogP contribution is -2.54.